The highest BCUT2D eigenvalue weighted by Crippen LogP contribution is 2.36. The average molecular weight is 254 g/mol. The molecule has 0 rings (SSSR count). The second kappa shape index (κ2) is 6.37. The lowest BCUT2D eigenvalue weighted by atomic mass is 10.1. The van der Waals surface area contributed by atoms with Crippen LogP contribution in [0.4, 0.5) is 0 Å². The maximum Gasteiger partial charge on any atom is 0.207 e. The summed E-state index contributed by atoms with van der Waals surface area (Å²) in [5.74, 6) is 5.56. The zero-order chi connectivity index (χ0) is 13.7. The van der Waals surface area contributed by atoms with Crippen molar-refractivity contribution in [2.75, 3.05) is 6.61 Å². The van der Waals surface area contributed by atoms with Crippen molar-refractivity contribution in [2.45, 2.75) is 59.2 Å². The van der Waals surface area contributed by atoms with Gasteiger partial charge in [-0.1, -0.05) is 40.5 Å². The van der Waals surface area contributed by atoms with Crippen LogP contribution >= 0.6 is 0 Å². The number of carbonyl (C=O) groups is 1. The van der Waals surface area contributed by atoms with Gasteiger partial charge in [0, 0.05) is 18.9 Å². The van der Waals surface area contributed by atoms with Crippen LogP contribution in [0.15, 0.2) is 0 Å². The molecular weight excluding hydrogens is 228 g/mol. The number of hydrogen-bond donors (Lipinski definition) is 0. The molecule has 0 aromatic carbocycles. The van der Waals surface area contributed by atoms with Crippen molar-refractivity contribution in [2.24, 2.45) is 5.92 Å². The van der Waals surface area contributed by atoms with Crippen LogP contribution in [0.2, 0.25) is 18.1 Å². The van der Waals surface area contributed by atoms with E-state index in [1.165, 1.54) is 0 Å². The highest BCUT2D eigenvalue weighted by atomic mass is 28.4. The van der Waals surface area contributed by atoms with Crippen LogP contribution in [0.3, 0.4) is 0 Å². The van der Waals surface area contributed by atoms with Crippen molar-refractivity contribution in [1.29, 1.82) is 0 Å². The lowest BCUT2D eigenvalue weighted by molar-refractivity contribution is -0.116. The molecule has 0 aliphatic rings. The van der Waals surface area contributed by atoms with E-state index < -0.39 is 8.32 Å². The van der Waals surface area contributed by atoms with E-state index in [4.69, 9.17) is 4.43 Å². The molecule has 0 aliphatic heterocycles. The standard InChI is InChI=1S/C14H26O2Si/c1-12(2)13(15)10-8-9-11-16-17(6,7)14(3,4)5/h12H,9,11H2,1-7H3. The van der Waals surface area contributed by atoms with E-state index in [-0.39, 0.29) is 16.7 Å². The number of rotatable bonds is 4. The normalized spacial score (nSPS) is 12.2. The Labute approximate surface area is 107 Å². The van der Waals surface area contributed by atoms with Gasteiger partial charge in [0.25, 0.3) is 0 Å². The summed E-state index contributed by atoms with van der Waals surface area (Å²) in [5, 5.41) is 0.230. The van der Waals surface area contributed by atoms with E-state index in [0.717, 1.165) is 0 Å². The molecule has 0 saturated heterocycles. The fourth-order valence-electron chi connectivity index (χ4n) is 0.868. The summed E-state index contributed by atoms with van der Waals surface area (Å²) in [4.78, 5) is 11.3. The first-order valence-corrected chi connectivity index (χ1v) is 9.15. The van der Waals surface area contributed by atoms with Crippen LogP contribution in [-0.4, -0.2) is 20.7 Å². The first-order chi connectivity index (χ1) is 7.58. The summed E-state index contributed by atoms with van der Waals surface area (Å²) in [6, 6.07) is 0. The highest BCUT2D eigenvalue weighted by molar-refractivity contribution is 6.74. The maximum atomic E-state index is 11.3. The van der Waals surface area contributed by atoms with Gasteiger partial charge in [-0.2, -0.15) is 0 Å². The van der Waals surface area contributed by atoms with Crippen molar-refractivity contribution < 1.29 is 9.22 Å². The first kappa shape index (κ1) is 16.4. The third kappa shape index (κ3) is 6.04. The number of hydrogen-bond acceptors (Lipinski definition) is 2. The first-order valence-electron chi connectivity index (χ1n) is 6.24. The largest absolute Gasteiger partial charge is 0.416 e. The predicted octanol–water partition coefficient (Wildman–Crippen LogP) is 3.63. The van der Waals surface area contributed by atoms with Crippen LogP contribution < -0.4 is 0 Å². The third-order valence-corrected chi connectivity index (χ3v) is 7.77. The van der Waals surface area contributed by atoms with Crippen molar-refractivity contribution in [3.05, 3.63) is 0 Å². The minimum Gasteiger partial charge on any atom is -0.416 e. The lowest BCUT2D eigenvalue weighted by Gasteiger charge is -2.35. The van der Waals surface area contributed by atoms with Gasteiger partial charge in [0.1, 0.15) is 0 Å². The number of Topliss-reactive ketones (excluding diaryl/α,β-unsaturated/α-hetero) is 1. The van der Waals surface area contributed by atoms with Crippen molar-refractivity contribution in [3.63, 3.8) is 0 Å². The van der Waals surface area contributed by atoms with Crippen LogP contribution in [-0.2, 0) is 9.22 Å². The zero-order valence-electron chi connectivity index (χ0n) is 12.3. The maximum absolute atomic E-state index is 11.3. The highest BCUT2D eigenvalue weighted by Gasteiger charge is 2.36. The zero-order valence-corrected chi connectivity index (χ0v) is 13.3. The monoisotopic (exact) mass is 254 g/mol. The molecule has 0 spiro atoms. The number of ketones is 1. The van der Waals surface area contributed by atoms with Gasteiger partial charge in [0.2, 0.25) is 5.78 Å². The Kier molecular flexibility index (Phi) is 6.15. The van der Waals surface area contributed by atoms with Gasteiger partial charge >= 0.3 is 0 Å². The molecule has 0 N–H and O–H groups in total. The average Bonchev–Trinajstić information content (AvgIpc) is 2.14. The van der Waals surface area contributed by atoms with E-state index in [1.807, 2.05) is 13.8 Å². The molecule has 0 aromatic rings. The van der Waals surface area contributed by atoms with Gasteiger partial charge < -0.3 is 4.43 Å². The molecule has 0 bridgehead atoms. The van der Waals surface area contributed by atoms with E-state index in [1.54, 1.807) is 0 Å². The summed E-state index contributed by atoms with van der Waals surface area (Å²) in [6.45, 7) is 15.5. The molecule has 2 nitrogen and oxygen atoms in total. The minimum absolute atomic E-state index is 0.00353. The van der Waals surface area contributed by atoms with E-state index in [2.05, 4.69) is 45.7 Å². The number of carbonyl (C=O) groups excluding carboxylic acids is 1. The molecule has 3 heteroatoms. The molecule has 17 heavy (non-hydrogen) atoms. The molecule has 0 atom stereocenters. The van der Waals surface area contributed by atoms with Crippen molar-refractivity contribution in [3.8, 4) is 11.8 Å². The smallest absolute Gasteiger partial charge is 0.207 e. The SMILES string of the molecule is CC(C)C(=O)C#CCCO[Si](C)(C)C(C)(C)C. The molecule has 0 fully saturated rings. The molecule has 0 amide bonds. The van der Waals surface area contributed by atoms with Gasteiger partial charge in [-0.05, 0) is 24.1 Å². The van der Waals surface area contributed by atoms with Crippen LogP contribution in [0.5, 0.6) is 0 Å². The van der Waals surface area contributed by atoms with Gasteiger partial charge in [0.15, 0.2) is 8.32 Å². The fourth-order valence-corrected chi connectivity index (χ4v) is 1.91. The van der Waals surface area contributed by atoms with Gasteiger partial charge in [-0.25, -0.2) is 0 Å². The molecular formula is C14H26O2Si. The molecule has 0 radical (unpaired) electrons. The topological polar surface area (TPSA) is 26.3 Å². The summed E-state index contributed by atoms with van der Waals surface area (Å²) in [6.07, 6.45) is 0.644. The quantitative estimate of drug-likeness (QED) is 0.331. The van der Waals surface area contributed by atoms with E-state index in [9.17, 15) is 4.79 Å². The molecule has 0 aliphatic carbocycles. The summed E-state index contributed by atoms with van der Waals surface area (Å²) >= 11 is 0. The summed E-state index contributed by atoms with van der Waals surface area (Å²) in [7, 11) is -1.66. The van der Waals surface area contributed by atoms with E-state index in [0.29, 0.717) is 13.0 Å². The van der Waals surface area contributed by atoms with Crippen LogP contribution in [0.25, 0.3) is 0 Å². The summed E-state index contributed by atoms with van der Waals surface area (Å²) in [5.41, 5.74) is 0. The van der Waals surface area contributed by atoms with Gasteiger partial charge in [-0.3, -0.25) is 4.79 Å². The molecule has 0 unspecified atom stereocenters. The van der Waals surface area contributed by atoms with Crippen molar-refractivity contribution >= 4 is 14.1 Å². The molecule has 0 aromatic heterocycles. The lowest BCUT2D eigenvalue weighted by Crippen LogP contribution is -2.40. The Morgan fingerprint density at radius 2 is 1.82 bits per heavy atom. The Morgan fingerprint density at radius 3 is 2.24 bits per heavy atom. The predicted molar refractivity (Wildman–Crippen MR) is 75.4 cm³/mol. The third-order valence-electron chi connectivity index (χ3n) is 3.23. The Morgan fingerprint density at radius 1 is 1.29 bits per heavy atom. The second-order valence-corrected chi connectivity index (χ2v) is 11.0. The van der Waals surface area contributed by atoms with Gasteiger partial charge in [-0.15, -0.1) is 0 Å². The second-order valence-electron chi connectivity index (χ2n) is 6.18. The Bertz CT molecular complexity index is 313. The summed E-state index contributed by atoms with van der Waals surface area (Å²) < 4.78 is 5.96. The molecule has 98 valence electrons. The molecule has 0 heterocycles. The Hall–Kier alpha value is -0.593. The van der Waals surface area contributed by atoms with Gasteiger partial charge in [0.05, 0.1) is 0 Å². The van der Waals surface area contributed by atoms with Crippen LogP contribution in [0.1, 0.15) is 41.0 Å². The van der Waals surface area contributed by atoms with E-state index >= 15 is 0 Å². The Balaban J connectivity index is 4.06. The van der Waals surface area contributed by atoms with Crippen molar-refractivity contribution in [1.82, 2.24) is 0 Å². The fraction of sp³-hybridized carbons (Fsp3) is 0.786. The minimum atomic E-state index is -1.66. The van der Waals surface area contributed by atoms with Crippen LogP contribution in [0, 0.1) is 17.8 Å². The molecule has 0 saturated carbocycles.